The molecule has 0 saturated carbocycles. The van der Waals surface area contributed by atoms with E-state index in [4.69, 9.17) is 18.5 Å². The van der Waals surface area contributed by atoms with Gasteiger partial charge in [-0.15, -0.1) is 0 Å². The Labute approximate surface area is 452 Å². The van der Waals surface area contributed by atoms with E-state index in [-0.39, 0.29) is 32.0 Å². The van der Waals surface area contributed by atoms with Gasteiger partial charge in [0.05, 0.1) is 27.7 Å². The number of ether oxygens (including phenoxy) is 2. The van der Waals surface area contributed by atoms with Crippen molar-refractivity contribution in [2.75, 3.05) is 47.5 Å². The van der Waals surface area contributed by atoms with Crippen LogP contribution in [0.4, 0.5) is 0 Å². The molecule has 10 heteroatoms. The van der Waals surface area contributed by atoms with E-state index in [0.29, 0.717) is 17.4 Å². The number of allylic oxidation sites excluding steroid dienone is 8. The fraction of sp³-hybridized carbons (Fsp3) is 0.841. The minimum absolute atomic E-state index is 0.0290. The van der Waals surface area contributed by atoms with Crippen LogP contribution in [-0.2, 0) is 32.7 Å². The highest BCUT2D eigenvalue weighted by molar-refractivity contribution is 7.45. The zero-order chi connectivity index (χ0) is 53.5. The van der Waals surface area contributed by atoms with E-state index in [0.717, 1.165) is 64.2 Å². The van der Waals surface area contributed by atoms with Crippen molar-refractivity contribution in [1.29, 1.82) is 0 Å². The highest BCUT2D eigenvalue weighted by Gasteiger charge is 2.22. The van der Waals surface area contributed by atoms with Crippen LogP contribution in [0.15, 0.2) is 48.6 Å². The van der Waals surface area contributed by atoms with Crippen molar-refractivity contribution in [3.63, 3.8) is 0 Å². The van der Waals surface area contributed by atoms with Crippen molar-refractivity contribution in [3.05, 3.63) is 48.6 Å². The van der Waals surface area contributed by atoms with Gasteiger partial charge in [0.2, 0.25) is 0 Å². The van der Waals surface area contributed by atoms with Crippen LogP contribution in [0.1, 0.15) is 290 Å². The second kappa shape index (κ2) is 54.7. The molecule has 73 heavy (non-hydrogen) atoms. The minimum atomic E-state index is -4.63. The summed E-state index contributed by atoms with van der Waals surface area (Å²) in [5, 5.41) is 0. The van der Waals surface area contributed by atoms with E-state index >= 15 is 0 Å². The fourth-order valence-electron chi connectivity index (χ4n) is 8.89. The van der Waals surface area contributed by atoms with Gasteiger partial charge in [0.15, 0.2) is 6.10 Å². The summed E-state index contributed by atoms with van der Waals surface area (Å²) in [6, 6.07) is 0. The van der Waals surface area contributed by atoms with Crippen molar-refractivity contribution in [3.8, 4) is 0 Å². The molecule has 0 heterocycles. The number of hydrogen-bond donors (Lipinski definition) is 0. The summed E-state index contributed by atoms with van der Waals surface area (Å²) in [7, 11) is 1.18. The molecule has 9 nitrogen and oxygen atoms in total. The quantitative estimate of drug-likeness (QED) is 0.0195. The predicted molar refractivity (Wildman–Crippen MR) is 310 cm³/mol. The smallest absolute Gasteiger partial charge is 0.306 e. The van der Waals surface area contributed by atoms with Crippen LogP contribution in [0.25, 0.3) is 0 Å². The van der Waals surface area contributed by atoms with Crippen molar-refractivity contribution < 1.29 is 42.1 Å². The molecule has 0 N–H and O–H groups in total. The van der Waals surface area contributed by atoms with E-state index in [1.165, 1.54) is 193 Å². The Morgan fingerprint density at radius 2 is 0.781 bits per heavy atom. The van der Waals surface area contributed by atoms with Gasteiger partial charge in [0.25, 0.3) is 7.82 Å². The number of rotatable bonds is 57. The van der Waals surface area contributed by atoms with Gasteiger partial charge >= 0.3 is 11.9 Å². The Balaban J connectivity index is 4.07. The van der Waals surface area contributed by atoms with Gasteiger partial charge in [-0.2, -0.15) is 0 Å². The lowest BCUT2D eigenvalue weighted by Crippen LogP contribution is -2.37. The van der Waals surface area contributed by atoms with E-state index in [1.807, 2.05) is 21.1 Å². The maximum atomic E-state index is 12.8. The molecule has 0 aromatic carbocycles. The van der Waals surface area contributed by atoms with Gasteiger partial charge in [-0.1, -0.05) is 274 Å². The first-order chi connectivity index (χ1) is 35.5. The SMILES string of the molecule is CC/C=C\C/C=C\C/C=C\C/C=C\CCCCCCCCCCCCCCCCCCC(=O)OC(COC(=O)CCCCCCCCCCCCCCCCCCCCCC)COP(=O)([O-])OCC[N+](C)(C)C. The van der Waals surface area contributed by atoms with Gasteiger partial charge in [-0.05, 0) is 51.4 Å². The molecule has 0 radical (unpaired) electrons. The van der Waals surface area contributed by atoms with Crippen LogP contribution in [0, 0.1) is 0 Å². The van der Waals surface area contributed by atoms with Gasteiger partial charge in [-0.25, -0.2) is 0 Å². The number of carbonyl (C=O) groups excluding carboxylic acids is 2. The molecule has 428 valence electrons. The van der Waals surface area contributed by atoms with Crippen LogP contribution in [0.5, 0.6) is 0 Å². The molecule has 0 spiro atoms. The number of quaternary nitrogens is 1. The van der Waals surface area contributed by atoms with Crippen LogP contribution in [-0.4, -0.2) is 70.0 Å². The molecular weight excluding hydrogens is 930 g/mol. The molecule has 0 aliphatic rings. The van der Waals surface area contributed by atoms with Gasteiger partial charge in [0.1, 0.15) is 19.8 Å². The summed E-state index contributed by atoms with van der Waals surface area (Å²) < 4.78 is 34.2. The molecule has 0 aliphatic heterocycles. The van der Waals surface area contributed by atoms with Crippen LogP contribution >= 0.6 is 7.82 Å². The molecule has 0 aliphatic carbocycles. The first kappa shape index (κ1) is 71.0. The number of nitrogens with zero attached hydrogens (tertiary/aromatic N) is 1. The van der Waals surface area contributed by atoms with Crippen molar-refractivity contribution in [2.24, 2.45) is 0 Å². The number of esters is 2. The molecule has 0 fully saturated rings. The number of carbonyl (C=O) groups is 2. The molecule has 0 saturated heterocycles. The van der Waals surface area contributed by atoms with Crippen LogP contribution in [0.3, 0.4) is 0 Å². The first-order valence-corrected chi connectivity index (χ1v) is 32.3. The van der Waals surface area contributed by atoms with Gasteiger partial charge in [-0.3, -0.25) is 14.2 Å². The third-order valence-corrected chi connectivity index (χ3v) is 14.6. The third-order valence-electron chi connectivity index (χ3n) is 13.6. The van der Waals surface area contributed by atoms with Crippen molar-refractivity contribution >= 4 is 19.8 Å². The van der Waals surface area contributed by atoms with E-state index in [9.17, 15) is 19.0 Å². The van der Waals surface area contributed by atoms with Gasteiger partial charge < -0.3 is 27.9 Å². The molecular formula is C63H118NO8P. The molecule has 0 aromatic rings. The maximum absolute atomic E-state index is 12.8. The van der Waals surface area contributed by atoms with Crippen molar-refractivity contribution in [1.82, 2.24) is 0 Å². The fourth-order valence-corrected chi connectivity index (χ4v) is 9.61. The topological polar surface area (TPSA) is 111 Å². The number of phosphoric acid groups is 1. The third kappa shape index (κ3) is 59.1. The predicted octanol–water partition coefficient (Wildman–Crippen LogP) is 18.7. The maximum Gasteiger partial charge on any atom is 0.306 e. The van der Waals surface area contributed by atoms with Crippen LogP contribution < -0.4 is 4.89 Å². The minimum Gasteiger partial charge on any atom is -0.756 e. The average Bonchev–Trinajstić information content (AvgIpc) is 3.35. The Hall–Kier alpha value is -2.03. The highest BCUT2D eigenvalue weighted by Crippen LogP contribution is 2.38. The normalized spacial score (nSPS) is 13.6. The Bertz CT molecular complexity index is 1370. The summed E-state index contributed by atoms with van der Waals surface area (Å²) in [4.78, 5) is 37.9. The Kier molecular flexibility index (Phi) is 53.2. The molecule has 0 bridgehead atoms. The lowest BCUT2D eigenvalue weighted by atomic mass is 10.0. The highest BCUT2D eigenvalue weighted by atomic mass is 31.2. The lowest BCUT2D eigenvalue weighted by molar-refractivity contribution is -0.870. The van der Waals surface area contributed by atoms with E-state index in [2.05, 4.69) is 62.5 Å². The standard InChI is InChI=1S/C63H118NO8P/c1-6-8-10-12-14-16-18-20-22-24-26-28-29-30-31-32-33-34-35-36-38-40-42-44-46-48-50-52-54-56-63(66)72-61(60-71-73(67,68)70-58-57-64(3,4)5)59-69-62(65)55-53-51-49-47-45-43-41-39-37-27-25-23-21-19-17-15-13-11-9-7-2/h8,10,14,16,20,22,26,28,61H,6-7,9,11-13,15,17-19,21,23-25,27,29-60H2,1-5H3/b10-8-,16-14-,22-20-,28-26-. The lowest BCUT2D eigenvalue weighted by Gasteiger charge is -2.28. The van der Waals surface area contributed by atoms with Gasteiger partial charge in [0, 0.05) is 12.8 Å². The van der Waals surface area contributed by atoms with Crippen molar-refractivity contribution in [2.45, 2.75) is 296 Å². The number of hydrogen-bond acceptors (Lipinski definition) is 8. The van der Waals surface area contributed by atoms with Crippen LogP contribution in [0.2, 0.25) is 0 Å². The first-order valence-electron chi connectivity index (χ1n) is 30.8. The second-order valence-electron chi connectivity index (χ2n) is 22.0. The second-order valence-corrected chi connectivity index (χ2v) is 23.5. The Morgan fingerprint density at radius 3 is 1.16 bits per heavy atom. The molecule has 0 amide bonds. The zero-order valence-corrected chi connectivity index (χ0v) is 49.5. The molecule has 0 aromatic heterocycles. The van der Waals surface area contributed by atoms with E-state index in [1.54, 1.807) is 0 Å². The molecule has 0 rings (SSSR count). The monoisotopic (exact) mass is 1050 g/mol. The summed E-state index contributed by atoms with van der Waals surface area (Å²) >= 11 is 0. The molecule has 2 atom stereocenters. The summed E-state index contributed by atoms with van der Waals surface area (Å²) in [5.41, 5.74) is 0. The summed E-state index contributed by atoms with van der Waals surface area (Å²) in [6.07, 6.45) is 68.8. The summed E-state index contributed by atoms with van der Waals surface area (Å²) in [6.45, 7) is 4.18. The average molecular weight is 1050 g/mol. The number of unbranched alkanes of at least 4 members (excludes halogenated alkanes) is 35. The number of likely N-dealkylation sites (N-methyl/N-ethyl adjacent to an activating group) is 1. The largest absolute Gasteiger partial charge is 0.756 e. The molecule has 2 unspecified atom stereocenters. The van der Waals surface area contributed by atoms with E-state index < -0.39 is 26.5 Å². The Morgan fingerprint density at radius 1 is 0.438 bits per heavy atom. The zero-order valence-electron chi connectivity index (χ0n) is 48.6. The number of phosphoric ester groups is 1. The summed E-state index contributed by atoms with van der Waals surface area (Å²) in [5.74, 6) is -0.818.